The number of nitrogens with zero attached hydrogens (tertiary/aromatic N) is 2. The zero-order valence-corrected chi connectivity index (χ0v) is 15.7. The van der Waals surface area contributed by atoms with Crippen molar-refractivity contribution in [2.75, 3.05) is 19.6 Å². The van der Waals surface area contributed by atoms with Crippen molar-refractivity contribution in [3.63, 3.8) is 0 Å². The number of halogens is 5. The van der Waals surface area contributed by atoms with E-state index >= 15 is 0 Å². The molecule has 0 radical (unpaired) electrons. The summed E-state index contributed by atoms with van der Waals surface area (Å²) >= 11 is 0. The third-order valence-corrected chi connectivity index (χ3v) is 4.29. The fourth-order valence-electron chi connectivity index (χ4n) is 2.90. The molecule has 0 N–H and O–H groups in total. The van der Waals surface area contributed by atoms with E-state index in [9.17, 15) is 13.2 Å². The van der Waals surface area contributed by atoms with Crippen LogP contribution in [-0.2, 0) is 12.6 Å². The number of benzene rings is 1. The van der Waals surface area contributed by atoms with E-state index in [1.165, 1.54) is 17.7 Å². The molecule has 2 heterocycles. The van der Waals surface area contributed by atoms with E-state index in [-0.39, 0.29) is 24.8 Å². The molecule has 0 bridgehead atoms. The summed E-state index contributed by atoms with van der Waals surface area (Å²) in [7, 11) is 0. The maximum atomic E-state index is 12.8. The molecular formula is C19H21Cl2F3N2. The molecule has 0 saturated heterocycles. The van der Waals surface area contributed by atoms with Gasteiger partial charge in [-0.15, -0.1) is 24.8 Å². The standard InChI is InChI=1S/C19H19F3N2.2ClH/c20-19(21,22)18-5-1-4-17(13-18)16-7-11-24(12-8-16)10-6-15-3-2-9-23-14-15;;/h1-5,7,9,13-14H,6,8,10-12H2;2*1H. The van der Waals surface area contributed by atoms with E-state index in [1.54, 1.807) is 12.3 Å². The highest BCUT2D eigenvalue weighted by atomic mass is 35.5. The molecule has 2 aromatic rings. The first-order chi connectivity index (χ1) is 11.5. The number of alkyl halides is 3. The van der Waals surface area contributed by atoms with Gasteiger partial charge in [-0.2, -0.15) is 13.2 Å². The summed E-state index contributed by atoms with van der Waals surface area (Å²) in [5.41, 5.74) is 2.29. The van der Waals surface area contributed by atoms with E-state index < -0.39 is 11.7 Å². The van der Waals surface area contributed by atoms with E-state index in [1.807, 2.05) is 18.3 Å². The summed E-state index contributed by atoms with van der Waals surface area (Å²) in [4.78, 5) is 6.42. The molecule has 7 heteroatoms. The highest BCUT2D eigenvalue weighted by Gasteiger charge is 2.30. The van der Waals surface area contributed by atoms with Crippen molar-refractivity contribution >= 4 is 30.4 Å². The zero-order chi connectivity index (χ0) is 17.0. The van der Waals surface area contributed by atoms with Crippen molar-refractivity contribution < 1.29 is 13.2 Å². The summed E-state index contributed by atoms with van der Waals surface area (Å²) in [6, 6.07) is 9.59. The van der Waals surface area contributed by atoms with E-state index in [0.29, 0.717) is 5.56 Å². The maximum absolute atomic E-state index is 12.8. The quantitative estimate of drug-likeness (QED) is 0.689. The lowest BCUT2D eigenvalue weighted by atomic mass is 9.97. The van der Waals surface area contributed by atoms with Crippen molar-refractivity contribution in [1.29, 1.82) is 0 Å². The van der Waals surface area contributed by atoms with Crippen LogP contribution in [0.2, 0.25) is 0 Å². The smallest absolute Gasteiger partial charge is 0.299 e. The van der Waals surface area contributed by atoms with Gasteiger partial charge in [0.05, 0.1) is 5.56 Å². The monoisotopic (exact) mass is 404 g/mol. The largest absolute Gasteiger partial charge is 0.416 e. The Bertz CT molecular complexity index is 718. The number of aromatic nitrogens is 1. The van der Waals surface area contributed by atoms with Crippen LogP contribution in [0.15, 0.2) is 54.9 Å². The van der Waals surface area contributed by atoms with Crippen LogP contribution in [0.25, 0.3) is 5.57 Å². The van der Waals surface area contributed by atoms with Crippen LogP contribution >= 0.6 is 24.8 Å². The lowest BCUT2D eigenvalue weighted by Crippen LogP contribution is -2.30. The lowest BCUT2D eigenvalue weighted by Gasteiger charge is -2.26. The number of rotatable bonds is 4. The van der Waals surface area contributed by atoms with Gasteiger partial charge < -0.3 is 0 Å². The Balaban J connectivity index is 0.00000169. The first kappa shape index (κ1) is 22.5. The Morgan fingerprint density at radius 2 is 1.88 bits per heavy atom. The summed E-state index contributed by atoms with van der Waals surface area (Å²) in [6.45, 7) is 2.56. The molecule has 2 nitrogen and oxygen atoms in total. The first-order valence-corrected chi connectivity index (χ1v) is 8.00. The predicted octanol–water partition coefficient (Wildman–Crippen LogP) is 5.28. The second-order valence-corrected chi connectivity index (χ2v) is 5.97. The molecule has 0 unspecified atom stereocenters. The van der Waals surface area contributed by atoms with Crippen LogP contribution in [0.1, 0.15) is 23.1 Å². The fraction of sp³-hybridized carbons (Fsp3) is 0.316. The molecule has 0 saturated carbocycles. The Labute approximate surface area is 163 Å². The minimum absolute atomic E-state index is 0. The van der Waals surface area contributed by atoms with Gasteiger partial charge in [0.2, 0.25) is 0 Å². The minimum Gasteiger partial charge on any atom is -0.299 e. The van der Waals surface area contributed by atoms with Gasteiger partial charge in [0.25, 0.3) is 0 Å². The maximum Gasteiger partial charge on any atom is 0.416 e. The molecule has 0 fully saturated rings. The predicted molar refractivity (Wildman–Crippen MR) is 103 cm³/mol. The van der Waals surface area contributed by atoms with Crippen LogP contribution in [0.4, 0.5) is 13.2 Å². The molecule has 1 aromatic heterocycles. The van der Waals surface area contributed by atoms with Gasteiger partial charge >= 0.3 is 6.18 Å². The molecular weight excluding hydrogens is 384 g/mol. The normalized spacial score (nSPS) is 14.8. The van der Waals surface area contributed by atoms with Gasteiger partial charge in [-0.3, -0.25) is 9.88 Å². The molecule has 3 rings (SSSR count). The zero-order valence-electron chi connectivity index (χ0n) is 14.1. The van der Waals surface area contributed by atoms with Gasteiger partial charge in [-0.1, -0.05) is 24.3 Å². The molecule has 0 atom stereocenters. The van der Waals surface area contributed by atoms with Gasteiger partial charge in [0, 0.05) is 32.0 Å². The van der Waals surface area contributed by atoms with Crippen LogP contribution in [-0.4, -0.2) is 29.5 Å². The van der Waals surface area contributed by atoms with Crippen molar-refractivity contribution in [3.8, 4) is 0 Å². The SMILES string of the molecule is Cl.Cl.FC(F)(F)c1cccc(C2=CCN(CCc3cccnc3)CC2)c1. The van der Waals surface area contributed by atoms with E-state index in [4.69, 9.17) is 0 Å². The summed E-state index contributed by atoms with van der Waals surface area (Å²) < 4.78 is 38.5. The minimum atomic E-state index is -4.29. The topological polar surface area (TPSA) is 16.1 Å². The number of hydrogen-bond donors (Lipinski definition) is 0. The molecule has 26 heavy (non-hydrogen) atoms. The van der Waals surface area contributed by atoms with Crippen molar-refractivity contribution in [1.82, 2.24) is 9.88 Å². The summed E-state index contributed by atoms with van der Waals surface area (Å²) in [5.74, 6) is 0. The molecule has 0 spiro atoms. The Hall–Kier alpha value is -1.56. The van der Waals surface area contributed by atoms with Crippen LogP contribution < -0.4 is 0 Å². The van der Waals surface area contributed by atoms with Crippen LogP contribution in [0, 0.1) is 0 Å². The van der Waals surface area contributed by atoms with E-state index in [2.05, 4.69) is 16.0 Å². The van der Waals surface area contributed by atoms with Crippen molar-refractivity contribution in [2.24, 2.45) is 0 Å². The molecule has 1 aromatic carbocycles. The second-order valence-electron chi connectivity index (χ2n) is 5.97. The first-order valence-electron chi connectivity index (χ1n) is 8.00. The summed E-state index contributed by atoms with van der Waals surface area (Å²) in [6.07, 6.45) is 3.08. The fourth-order valence-corrected chi connectivity index (χ4v) is 2.90. The summed E-state index contributed by atoms with van der Waals surface area (Å²) in [5, 5.41) is 0. The van der Waals surface area contributed by atoms with Gasteiger partial charge in [0.1, 0.15) is 0 Å². The Kier molecular flexibility index (Phi) is 8.60. The van der Waals surface area contributed by atoms with Crippen molar-refractivity contribution in [3.05, 3.63) is 71.6 Å². The number of pyridine rings is 1. The third-order valence-electron chi connectivity index (χ3n) is 4.29. The lowest BCUT2D eigenvalue weighted by molar-refractivity contribution is -0.137. The van der Waals surface area contributed by atoms with Crippen molar-refractivity contribution in [2.45, 2.75) is 19.0 Å². The Morgan fingerprint density at radius 3 is 2.50 bits per heavy atom. The molecule has 0 aliphatic carbocycles. The molecule has 142 valence electrons. The Morgan fingerprint density at radius 1 is 1.08 bits per heavy atom. The second kappa shape index (κ2) is 9.95. The van der Waals surface area contributed by atoms with E-state index in [0.717, 1.165) is 44.1 Å². The molecule has 0 amide bonds. The highest BCUT2D eigenvalue weighted by Crippen LogP contribution is 2.32. The van der Waals surface area contributed by atoms with Gasteiger partial charge in [-0.05, 0) is 47.7 Å². The third kappa shape index (κ3) is 6.01. The highest BCUT2D eigenvalue weighted by molar-refractivity contribution is 5.85. The van der Waals surface area contributed by atoms with Gasteiger partial charge in [0.15, 0.2) is 0 Å². The number of hydrogen-bond acceptors (Lipinski definition) is 2. The molecule has 1 aliphatic rings. The molecule has 1 aliphatic heterocycles. The van der Waals surface area contributed by atoms with Gasteiger partial charge in [-0.25, -0.2) is 0 Å². The van der Waals surface area contributed by atoms with Crippen LogP contribution in [0.3, 0.4) is 0 Å². The van der Waals surface area contributed by atoms with Crippen LogP contribution in [0.5, 0.6) is 0 Å². The average Bonchev–Trinajstić information content (AvgIpc) is 2.61. The average molecular weight is 405 g/mol.